The molecule has 0 bridgehead atoms. The Labute approximate surface area is 85.3 Å². The topological polar surface area (TPSA) is 66.5 Å². The van der Waals surface area contributed by atoms with Crippen LogP contribution in [0, 0.1) is 0 Å². The molecule has 1 aromatic rings. The predicted molar refractivity (Wildman–Crippen MR) is 54.8 cm³/mol. The second-order valence-electron chi connectivity index (χ2n) is 2.79. The lowest BCUT2D eigenvalue weighted by atomic mass is 10.1. The molecule has 0 spiro atoms. The fourth-order valence-corrected chi connectivity index (χ4v) is 1.65. The molecule has 72 valence electrons. The molecule has 0 atom stereocenters. The minimum atomic E-state index is 0.143. The number of hydrogen-bond acceptors (Lipinski definition) is 3. The van der Waals surface area contributed by atoms with Gasteiger partial charge in [-0.25, -0.2) is 0 Å². The Hall–Kier alpha value is -0.740. The first-order chi connectivity index (χ1) is 6.16. The van der Waals surface area contributed by atoms with Crippen molar-refractivity contribution in [2.45, 2.75) is 12.8 Å². The monoisotopic (exact) mass is 245 g/mol. The molecule has 0 amide bonds. The molecule has 0 heterocycles. The highest BCUT2D eigenvalue weighted by atomic mass is 79.9. The summed E-state index contributed by atoms with van der Waals surface area (Å²) in [7, 11) is 0. The maximum absolute atomic E-state index is 9.46. The summed E-state index contributed by atoms with van der Waals surface area (Å²) in [6, 6.07) is 2.93. The van der Waals surface area contributed by atoms with Gasteiger partial charge < -0.3 is 15.9 Å². The van der Waals surface area contributed by atoms with E-state index in [4.69, 9.17) is 5.73 Å². The Kier molecular flexibility index (Phi) is 3.57. The van der Waals surface area contributed by atoms with Gasteiger partial charge in [0.25, 0.3) is 0 Å². The molecule has 0 aliphatic carbocycles. The molecule has 0 unspecified atom stereocenters. The first kappa shape index (κ1) is 10.3. The summed E-state index contributed by atoms with van der Waals surface area (Å²) in [5, 5.41) is 18.8. The summed E-state index contributed by atoms with van der Waals surface area (Å²) >= 11 is 3.21. The van der Waals surface area contributed by atoms with Crippen molar-refractivity contribution in [3.05, 3.63) is 22.2 Å². The van der Waals surface area contributed by atoms with Crippen molar-refractivity contribution in [2.75, 3.05) is 6.54 Å². The van der Waals surface area contributed by atoms with Gasteiger partial charge in [-0.05, 0) is 47.4 Å². The maximum atomic E-state index is 9.46. The van der Waals surface area contributed by atoms with Crippen LogP contribution in [-0.4, -0.2) is 16.8 Å². The van der Waals surface area contributed by atoms with Crippen molar-refractivity contribution in [1.29, 1.82) is 0 Å². The van der Waals surface area contributed by atoms with E-state index in [1.54, 1.807) is 0 Å². The van der Waals surface area contributed by atoms with E-state index in [1.165, 1.54) is 12.1 Å². The molecule has 0 radical (unpaired) electrons. The third-order valence-electron chi connectivity index (χ3n) is 1.83. The largest absolute Gasteiger partial charge is 0.508 e. The third-order valence-corrected chi connectivity index (χ3v) is 2.71. The SMILES string of the molecule is NCCCc1c(O)ccc(O)c1Br. The lowest BCUT2D eigenvalue weighted by Gasteiger charge is -2.07. The molecule has 3 nitrogen and oxygen atoms in total. The lowest BCUT2D eigenvalue weighted by molar-refractivity contribution is 0.450. The smallest absolute Gasteiger partial charge is 0.130 e. The highest BCUT2D eigenvalue weighted by molar-refractivity contribution is 9.10. The molecule has 0 fully saturated rings. The van der Waals surface area contributed by atoms with Crippen molar-refractivity contribution in [3.63, 3.8) is 0 Å². The molecule has 0 saturated heterocycles. The average Bonchev–Trinajstić information content (AvgIpc) is 2.12. The van der Waals surface area contributed by atoms with Crippen molar-refractivity contribution >= 4 is 15.9 Å². The third kappa shape index (κ3) is 2.35. The Morgan fingerprint density at radius 1 is 1.23 bits per heavy atom. The van der Waals surface area contributed by atoms with Gasteiger partial charge in [-0.2, -0.15) is 0 Å². The number of rotatable bonds is 3. The normalized spacial score (nSPS) is 10.3. The maximum Gasteiger partial charge on any atom is 0.130 e. The first-order valence-corrected chi connectivity index (χ1v) is 4.85. The number of hydrogen-bond donors (Lipinski definition) is 3. The summed E-state index contributed by atoms with van der Waals surface area (Å²) in [6.07, 6.45) is 1.45. The number of nitrogens with two attached hydrogens (primary N) is 1. The van der Waals surface area contributed by atoms with Gasteiger partial charge in [-0.3, -0.25) is 0 Å². The minimum Gasteiger partial charge on any atom is -0.508 e. The standard InChI is InChI=1S/C9H12BrNO2/c10-9-6(2-1-5-11)7(12)3-4-8(9)13/h3-4,12-13H,1-2,5,11H2. The summed E-state index contributed by atoms with van der Waals surface area (Å²) in [5.41, 5.74) is 6.07. The van der Waals surface area contributed by atoms with Crippen LogP contribution in [-0.2, 0) is 6.42 Å². The van der Waals surface area contributed by atoms with Crippen LogP contribution < -0.4 is 5.73 Å². The van der Waals surface area contributed by atoms with Gasteiger partial charge in [-0.15, -0.1) is 0 Å². The second kappa shape index (κ2) is 4.48. The van der Waals surface area contributed by atoms with Gasteiger partial charge in [-0.1, -0.05) is 0 Å². The van der Waals surface area contributed by atoms with Gasteiger partial charge in [0, 0.05) is 5.56 Å². The minimum absolute atomic E-state index is 0.143. The van der Waals surface area contributed by atoms with Gasteiger partial charge in [0.2, 0.25) is 0 Å². The van der Waals surface area contributed by atoms with Gasteiger partial charge in [0.05, 0.1) is 4.47 Å². The molecule has 0 aliphatic rings. The van der Waals surface area contributed by atoms with E-state index in [0.717, 1.165) is 6.42 Å². The van der Waals surface area contributed by atoms with E-state index in [9.17, 15) is 10.2 Å². The number of phenols is 2. The van der Waals surface area contributed by atoms with Gasteiger partial charge in [0.15, 0.2) is 0 Å². The van der Waals surface area contributed by atoms with Crippen molar-refractivity contribution < 1.29 is 10.2 Å². The van der Waals surface area contributed by atoms with E-state index in [-0.39, 0.29) is 11.5 Å². The number of aromatic hydroxyl groups is 2. The summed E-state index contributed by atoms with van der Waals surface area (Å²) < 4.78 is 0.556. The zero-order valence-electron chi connectivity index (χ0n) is 7.13. The van der Waals surface area contributed by atoms with E-state index in [0.29, 0.717) is 23.0 Å². The van der Waals surface area contributed by atoms with Crippen LogP contribution in [0.4, 0.5) is 0 Å². The number of phenolic OH excluding ortho intramolecular Hbond substituents is 2. The molecule has 13 heavy (non-hydrogen) atoms. The molecular weight excluding hydrogens is 234 g/mol. The number of halogens is 1. The molecule has 1 rings (SSSR count). The van der Waals surface area contributed by atoms with Crippen LogP contribution in [0.1, 0.15) is 12.0 Å². The number of benzene rings is 1. The van der Waals surface area contributed by atoms with Crippen LogP contribution >= 0.6 is 15.9 Å². The van der Waals surface area contributed by atoms with E-state index in [2.05, 4.69) is 15.9 Å². The molecule has 4 heteroatoms. The predicted octanol–water partition coefficient (Wildman–Crippen LogP) is 1.75. The van der Waals surface area contributed by atoms with Crippen LogP contribution in [0.3, 0.4) is 0 Å². The molecule has 0 aliphatic heterocycles. The first-order valence-electron chi connectivity index (χ1n) is 4.06. The fraction of sp³-hybridized carbons (Fsp3) is 0.333. The Bertz CT molecular complexity index is 302. The highest BCUT2D eigenvalue weighted by Gasteiger charge is 2.09. The highest BCUT2D eigenvalue weighted by Crippen LogP contribution is 2.34. The zero-order valence-corrected chi connectivity index (χ0v) is 8.71. The molecular formula is C9H12BrNO2. The van der Waals surface area contributed by atoms with Crippen LogP contribution in [0.15, 0.2) is 16.6 Å². The molecule has 0 aromatic heterocycles. The van der Waals surface area contributed by atoms with Crippen LogP contribution in [0.25, 0.3) is 0 Å². The Morgan fingerprint density at radius 2 is 1.85 bits per heavy atom. The second-order valence-corrected chi connectivity index (χ2v) is 3.58. The summed E-state index contributed by atoms with van der Waals surface area (Å²) in [5.74, 6) is 0.336. The average molecular weight is 246 g/mol. The summed E-state index contributed by atoms with van der Waals surface area (Å²) in [4.78, 5) is 0. The van der Waals surface area contributed by atoms with Crippen LogP contribution in [0.5, 0.6) is 11.5 Å². The van der Waals surface area contributed by atoms with E-state index < -0.39 is 0 Å². The van der Waals surface area contributed by atoms with Gasteiger partial charge >= 0.3 is 0 Å². The Balaban J connectivity index is 2.96. The zero-order chi connectivity index (χ0) is 9.84. The van der Waals surface area contributed by atoms with E-state index >= 15 is 0 Å². The quantitative estimate of drug-likeness (QED) is 0.712. The van der Waals surface area contributed by atoms with E-state index in [1.807, 2.05) is 0 Å². The van der Waals surface area contributed by atoms with Crippen molar-refractivity contribution in [2.24, 2.45) is 5.73 Å². The lowest BCUT2D eigenvalue weighted by Crippen LogP contribution is -2.00. The fourth-order valence-electron chi connectivity index (χ4n) is 1.12. The van der Waals surface area contributed by atoms with Crippen molar-refractivity contribution in [1.82, 2.24) is 0 Å². The van der Waals surface area contributed by atoms with Gasteiger partial charge in [0.1, 0.15) is 11.5 Å². The molecule has 4 N–H and O–H groups in total. The molecule has 1 aromatic carbocycles. The molecule has 0 saturated carbocycles. The van der Waals surface area contributed by atoms with Crippen molar-refractivity contribution in [3.8, 4) is 11.5 Å². The van der Waals surface area contributed by atoms with Crippen LogP contribution in [0.2, 0.25) is 0 Å². The summed E-state index contributed by atoms with van der Waals surface area (Å²) in [6.45, 7) is 0.571. The Morgan fingerprint density at radius 3 is 2.46 bits per heavy atom.